The average molecular weight is 225 g/mol. The van der Waals surface area contributed by atoms with Crippen LogP contribution in [0.5, 0.6) is 0 Å². The standard InChI is InChI=1S/C9H11N3O4/c1-16-9(15)5-2-3-6-10-11-7(8(13)14)12(6)4-5/h5H,2-4H2,1H3,(H,13,14). The first-order valence-electron chi connectivity index (χ1n) is 4.86. The highest BCUT2D eigenvalue weighted by Crippen LogP contribution is 2.20. The van der Waals surface area contributed by atoms with Crippen molar-refractivity contribution in [2.24, 2.45) is 5.92 Å². The van der Waals surface area contributed by atoms with E-state index in [2.05, 4.69) is 14.9 Å². The number of aromatic nitrogens is 3. The lowest BCUT2D eigenvalue weighted by atomic mass is 9.99. The molecule has 1 N–H and O–H groups in total. The molecule has 2 heterocycles. The third kappa shape index (κ3) is 1.64. The third-order valence-electron chi connectivity index (χ3n) is 2.67. The van der Waals surface area contributed by atoms with E-state index >= 15 is 0 Å². The Kier molecular flexibility index (Phi) is 2.59. The maximum absolute atomic E-state index is 11.4. The first-order chi connectivity index (χ1) is 7.63. The molecule has 0 fully saturated rings. The van der Waals surface area contributed by atoms with E-state index in [4.69, 9.17) is 5.11 Å². The molecule has 7 nitrogen and oxygen atoms in total. The van der Waals surface area contributed by atoms with Gasteiger partial charge in [0.05, 0.1) is 13.0 Å². The number of esters is 1. The van der Waals surface area contributed by atoms with Crippen LogP contribution in [-0.4, -0.2) is 38.9 Å². The van der Waals surface area contributed by atoms with Crippen LogP contribution < -0.4 is 0 Å². The number of carbonyl (C=O) groups excluding carboxylic acids is 1. The number of fused-ring (bicyclic) bond motifs is 1. The van der Waals surface area contributed by atoms with Gasteiger partial charge in [0.2, 0.25) is 5.82 Å². The van der Waals surface area contributed by atoms with Gasteiger partial charge in [-0.2, -0.15) is 0 Å². The molecule has 1 aromatic heterocycles. The van der Waals surface area contributed by atoms with Crippen molar-refractivity contribution in [3.63, 3.8) is 0 Å². The maximum atomic E-state index is 11.4. The van der Waals surface area contributed by atoms with Crippen molar-refractivity contribution in [2.75, 3.05) is 7.11 Å². The smallest absolute Gasteiger partial charge is 0.374 e. The number of hydrogen-bond donors (Lipinski definition) is 1. The molecular formula is C9H11N3O4. The molecule has 86 valence electrons. The number of carboxylic acids is 1. The minimum atomic E-state index is -1.13. The molecule has 7 heteroatoms. The summed E-state index contributed by atoms with van der Waals surface area (Å²) in [4.78, 5) is 22.2. The van der Waals surface area contributed by atoms with Crippen LogP contribution in [0.2, 0.25) is 0 Å². The molecule has 0 aromatic carbocycles. The highest BCUT2D eigenvalue weighted by Gasteiger charge is 2.29. The summed E-state index contributed by atoms with van der Waals surface area (Å²) >= 11 is 0. The van der Waals surface area contributed by atoms with Crippen molar-refractivity contribution in [2.45, 2.75) is 19.4 Å². The first kappa shape index (κ1) is 10.6. The molecule has 1 unspecified atom stereocenters. The summed E-state index contributed by atoms with van der Waals surface area (Å²) in [5, 5.41) is 16.2. The quantitative estimate of drug-likeness (QED) is 0.695. The van der Waals surface area contributed by atoms with Gasteiger partial charge in [0.1, 0.15) is 5.82 Å². The molecule has 0 radical (unpaired) electrons. The summed E-state index contributed by atoms with van der Waals surface area (Å²) in [5.41, 5.74) is 0. The lowest BCUT2D eigenvalue weighted by Gasteiger charge is -2.21. The Morgan fingerprint density at radius 3 is 2.88 bits per heavy atom. The monoisotopic (exact) mass is 225 g/mol. The summed E-state index contributed by atoms with van der Waals surface area (Å²) in [7, 11) is 1.32. The van der Waals surface area contributed by atoms with Gasteiger partial charge in [0.15, 0.2) is 0 Å². The molecule has 2 rings (SSSR count). The highest BCUT2D eigenvalue weighted by atomic mass is 16.5. The maximum Gasteiger partial charge on any atom is 0.374 e. The second kappa shape index (κ2) is 3.92. The molecule has 1 aliphatic rings. The van der Waals surface area contributed by atoms with Crippen LogP contribution in [0.1, 0.15) is 22.9 Å². The van der Waals surface area contributed by atoms with Crippen LogP contribution in [0.15, 0.2) is 0 Å². The van der Waals surface area contributed by atoms with Crippen molar-refractivity contribution in [1.29, 1.82) is 0 Å². The Morgan fingerprint density at radius 1 is 1.50 bits per heavy atom. The normalized spacial score (nSPS) is 18.9. The minimum Gasteiger partial charge on any atom is -0.475 e. The summed E-state index contributed by atoms with van der Waals surface area (Å²) in [6, 6.07) is 0. The number of ether oxygens (including phenoxy) is 1. The van der Waals surface area contributed by atoms with Crippen molar-refractivity contribution < 1.29 is 19.4 Å². The molecule has 0 aliphatic carbocycles. The Labute approximate surface area is 91.0 Å². The predicted octanol–water partition coefficient (Wildman–Crippen LogP) is -0.288. The zero-order valence-corrected chi connectivity index (χ0v) is 8.71. The van der Waals surface area contributed by atoms with Gasteiger partial charge in [-0.15, -0.1) is 10.2 Å². The van der Waals surface area contributed by atoms with Gasteiger partial charge in [-0.3, -0.25) is 4.79 Å². The molecule has 0 saturated carbocycles. The number of carboxylic acid groups (broad SMARTS) is 1. The van der Waals surface area contributed by atoms with Crippen molar-refractivity contribution in [1.82, 2.24) is 14.8 Å². The van der Waals surface area contributed by atoms with Gasteiger partial charge in [0.25, 0.3) is 0 Å². The van der Waals surface area contributed by atoms with Gasteiger partial charge >= 0.3 is 11.9 Å². The number of hydrogen-bond acceptors (Lipinski definition) is 5. The van der Waals surface area contributed by atoms with Gasteiger partial charge in [-0.25, -0.2) is 4.79 Å². The highest BCUT2D eigenvalue weighted by molar-refractivity contribution is 5.83. The van der Waals surface area contributed by atoms with Crippen LogP contribution in [0.25, 0.3) is 0 Å². The molecule has 1 aromatic rings. The van der Waals surface area contributed by atoms with E-state index in [0.717, 1.165) is 0 Å². The van der Waals surface area contributed by atoms with Crippen LogP contribution in [0.3, 0.4) is 0 Å². The summed E-state index contributed by atoms with van der Waals surface area (Å²) in [6.07, 6.45) is 1.16. The van der Waals surface area contributed by atoms with Crippen molar-refractivity contribution >= 4 is 11.9 Å². The van der Waals surface area contributed by atoms with Crippen LogP contribution in [0.4, 0.5) is 0 Å². The lowest BCUT2D eigenvalue weighted by Crippen LogP contribution is -2.29. The number of aromatic carboxylic acids is 1. The van der Waals surface area contributed by atoms with E-state index < -0.39 is 5.97 Å². The van der Waals surface area contributed by atoms with Gasteiger partial charge in [-0.05, 0) is 6.42 Å². The Hall–Kier alpha value is -1.92. The van der Waals surface area contributed by atoms with Crippen LogP contribution in [-0.2, 0) is 22.5 Å². The minimum absolute atomic E-state index is 0.122. The number of carbonyl (C=O) groups is 2. The molecular weight excluding hydrogens is 214 g/mol. The van der Waals surface area contributed by atoms with Crippen molar-refractivity contribution in [3.8, 4) is 0 Å². The fourth-order valence-electron chi connectivity index (χ4n) is 1.84. The largest absolute Gasteiger partial charge is 0.475 e. The Bertz CT molecular complexity index is 440. The lowest BCUT2D eigenvalue weighted by molar-refractivity contribution is -0.146. The average Bonchev–Trinajstić information content (AvgIpc) is 2.70. The Morgan fingerprint density at radius 2 is 2.25 bits per heavy atom. The number of nitrogens with zero attached hydrogens (tertiary/aromatic N) is 3. The first-order valence-corrected chi connectivity index (χ1v) is 4.86. The van der Waals surface area contributed by atoms with Gasteiger partial charge in [-0.1, -0.05) is 0 Å². The van der Waals surface area contributed by atoms with E-state index in [0.29, 0.717) is 18.7 Å². The number of rotatable bonds is 2. The summed E-state index contributed by atoms with van der Waals surface area (Å²) in [6.45, 7) is 0.274. The van der Waals surface area contributed by atoms with E-state index in [1.54, 1.807) is 0 Å². The molecule has 1 aliphatic heterocycles. The molecule has 0 bridgehead atoms. The topological polar surface area (TPSA) is 94.3 Å². The zero-order chi connectivity index (χ0) is 11.7. The summed E-state index contributed by atoms with van der Waals surface area (Å²) in [5.74, 6) is -1.28. The van der Waals surface area contributed by atoms with Gasteiger partial charge in [0, 0.05) is 13.0 Å². The third-order valence-corrected chi connectivity index (χ3v) is 2.67. The zero-order valence-electron chi connectivity index (χ0n) is 8.71. The molecule has 0 spiro atoms. The van der Waals surface area contributed by atoms with Crippen LogP contribution in [0, 0.1) is 5.92 Å². The number of aryl methyl sites for hydroxylation is 1. The molecule has 0 amide bonds. The van der Waals surface area contributed by atoms with Crippen LogP contribution >= 0.6 is 0 Å². The SMILES string of the molecule is COC(=O)C1CCc2nnc(C(=O)O)n2C1. The second-order valence-corrected chi connectivity index (χ2v) is 3.61. The molecule has 16 heavy (non-hydrogen) atoms. The second-order valence-electron chi connectivity index (χ2n) is 3.61. The fraction of sp³-hybridized carbons (Fsp3) is 0.556. The van der Waals surface area contributed by atoms with Gasteiger partial charge < -0.3 is 14.4 Å². The summed E-state index contributed by atoms with van der Waals surface area (Å²) < 4.78 is 6.11. The van der Waals surface area contributed by atoms with E-state index in [-0.39, 0.29) is 24.3 Å². The Balaban J connectivity index is 2.27. The number of methoxy groups -OCH3 is 1. The van der Waals surface area contributed by atoms with Crippen molar-refractivity contribution in [3.05, 3.63) is 11.6 Å². The molecule has 1 atom stereocenters. The van der Waals surface area contributed by atoms with E-state index in [9.17, 15) is 9.59 Å². The van der Waals surface area contributed by atoms with E-state index in [1.165, 1.54) is 11.7 Å². The van der Waals surface area contributed by atoms with E-state index in [1.807, 2.05) is 0 Å². The fourth-order valence-corrected chi connectivity index (χ4v) is 1.84. The predicted molar refractivity (Wildman–Crippen MR) is 50.8 cm³/mol. The molecule has 0 saturated heterocycles.